The van der Waals surface area contributed by atoms with E-state index in [1.165, 1.54) is 31.9 Å². The predicted octanol–water partition coefficient (Wildman–Crippen LogP) is 3.38. The van der Waals surface area contributed by atoms with Crippen molar-refractivity contribution in [1.82, 2.24) is 9.80 Å². The predicted molar refractivity (Wildman–Crippen MR) is 78.2 cm³/mol. The molecule has 1 unspecified atom stereocenters. The summed E-state index contributed by atoms with van der Waals surface area (Å²) in [6, 6.07) is 0. The zero-order valence-electron chi connectivity index (χ0n) is 12.5. The topological polar surface area (TPSA) is 6.48 Å². The zero-order chi connectivity index (χ0) is 13.3. The first kappa shape index (κ1) is 16.2. The molecule has 0 aromatic carbocycles. The number of rotatable bonds is 1. The van der Waals surface area contributed by atoms with Crippen molar-refractivity contribution >= 4 is 0 Å². The summed E-state index contributed by atoms with van der Waals surface area (Å²) < 4.78 is 0. The molecule has 100 valence electrons. The molecular formula is C15H30N2. The Morgan fingerprint density at radius 2 is 1.53 bits per heavy atom. The molecular weight excluding hydrogens is 208 g/mol. The summed E-state index contributed by atoms with van der Waals surface area (Å²) >= 11 is 0. The van der Waals surface area contributed by atoms with E-state index in [0.29, 0.717) is 5.92 Å². The lowest BCUT2D eigenvalue weighted by atomic mass is 10.2. The smallest absolute Gasteiger partial charge is 0.0329 e. The molecule has 1 saturated heterocycles. The van der Waals surface area contributed by atoms with E-state index in [1.54, 1.807) is 0 Å². The van der Waals surface area contributed by atoms with Crippen LogP contribution in [0.1, 0.15) is 34.6 Å². The third-order valence-corrected chi connectivity index (χ3v) is 2.87. The van der Waals surface area contributed by atoms with Gasteiger partial charge in [-0.05, 0) is 19.0 Å². The van der Waals surface area contributed by atoms with Crippen LogP contribution < -0.4 is 0 Å². The van der Waals surface area contributed by atoms with Crippen LogP contribution in [0, 0.1) is 5.92 Å². The summed E-state index contributed by atoms with van der Waals surface area (Å²) in [6.07, 6.45) is 6.88. The van der Waals surface area contributed by atoms with Crippen molar-refractivity contribution in [3.8, 4) is 0 Å². The normalized spacial score (nSPS) is 23.3. The molecule has 17 heavy (non-hydrogen) atoms. The molecule has 1 aliphatic carbocycles. The van der Waals surface area contributed by atoms with Gasteiger partial charge in [0.1, 0.15) is 0 Å². The first-order valence-corrected chi connectivity index (χ1v) is 7.09. The summed E-state index contributed by atoms with van der Waals surface area (Å²) in [4.78, 5) is 4.87. The third kappa shape index (κ3) is 5.40. The minimum atomic E-state index is 0.634. The number of allylic oxidation sites excluding steroid dienone is 3. The van der Waals surface area contributed by atoms with Gasteiger partial charge in [-0.2, -0.15) is 0 Å². The number of nitrogens with zero attached hydrogens (tertiary/aromatic N) is 2. The lowest BCUT2D eigenvalue weighted by Crippen LogP contribution is -2.43. The van der Waals surface area contributed by atoms with Gasteiger partial charge in [-0.15, -0.1) is 0 Å². The van der Waals surface area contributed by atoms with Crippen molar-refractivity contribution < 1.29 is 0 Å². The van der Waals surface area contributed by atoms with E-state index < -0.39 is 0 Å². The first-order chi connectivity index (χ1) is 8.25. The molecule has 1 heterocycles. The SMILES string of the molecule is CC.CC.CC1C=CC(N2CCN(C)CC2)=C1. The summed E-state index contributed by atoms with van der Waals surface area (Å²) in [6.45, 7) is 15.0. The van der Waals surface area contributed by atoms with E-state index in [9.17, 15) is 0 Å². The highest BCUT2D eigenvalue weighted by Gasteiger charge is 2.16. The molecule has 0 saturated carbocycles. The quantitative estimate of drug-likeness (QED) is 0.691. The molecule has 0 radical (unpaired) electrons. The Bertz CT molecular complexity index is 235. The maximum Gasteiger partial charge on any atom is 0.0329 e. The first-order valence-electron chi connectivity index (χ1n) is 7.09. The van der Waals surface area contributed by atoms with Gasteiger partial charge < -0.3 is 9.80 Å². The Morgan fingerprint density at radius 3 is 1.94 bits per heavy atom. The van der Waals surface area contributed by atoms with Crippen molar-refractivity contribution in [2.45, 2.75) is 34.6 Å². The van der Waals surface area contributed by atoms with Crippen LogP contribution in [-0.2, 0) is 0 Å². The summed E-state index contributed by atoms with van der Waals surface area (Å²) in [5.74, 6) is 0.634. The zero-order valence-corrected chi connectivity index (χ0v) is 12.5. The van der Waals surface area contributed by atoms with E-state index in [0.717, 1.165) is 0 Å². The Morgan fingerprint density at radius 1 is 1.00 bits per heavy atom. The van der Waals surface area contributed by atoms with Crippen LogP contribution in [0.3, 0.4) is 0 Å². The minimum Gasteiger partial charge on any atom is -0.369 e. The number of hydrogen-bond acceptors (Lipinski definition) is 2. The fourth-order valence-corrected chi connectivity index (χ4v) is 1.91. The molecule has 2 aliphatic rings. The summed E-state index contributed by atoms with van der Waals surface area (Å²) in [5, 5.41) is 0. The average molecular weight is 238 g/mol. The maximum absolute atomic E-state index is 2.49. The molecule has 1 fully saturated rings. The van der Waals surface area contributed by atoms with E-state index in [2.05, 4.69) is 42.0 Å². The van der Waals surface area contributed by atoms with Gasteiger partial charge in [-0.1, -0.05) is 46.8 Å². The second-order valence-corrected chi connectivity index (χ2v) is 4.10. The van der Waals surface area contributed by atoms with Gasteiger partial charge in [-0.25, -0.2) is 0 Å². The molecule has 0 aromatic rings. The standard InChI is InChI=1S/C11H18N2.2C2H6/c1-10-3-4-11(9-10)13-7-5-12(2)6-8-13;2*1-2/h3-4,9-10H,5-8H2,1-2H3;2*1-2H3. The molecule has 0 spiro atoms. The highest BCUT2D eigenvalue weighted by molar-refractivity contribution is 5.27. The second-order valence-electron chi connectivity index (χ2n) is 4.10. The molecule has 0 bridgehead atoms. The molecule has 0 aromatic heterocycles. The molecule has 0 amide bonds. The van der Waals surface area contributed by atoms with E-state index in [1.807, 2.05) is 27.7 Å². The third-order valence-electron chi connectivity index (χ3n) is 2.87. The van der Waals surface area contributed by atoms with Crippen LogP contribution in [-0.4, -0.2) is 43.0 Å². The van der Waals surface area contributed by atoms with Crippen LogP contribution in [0.15, 0.2) is 23.9 Å². The van der Waals surface area contributed by atoms with Gasteiger partial charge >= 0.3 is 0 Å². The van der Waals surface area contributed by atoms with Crippen LogP contribution in [0.2, 0.25) is 0 Å². The van der Waals surface area contributed by atoms with Crippen LogP contribution in [0.5, 0.6) is 0 Å². The van der Waals surface area contributed by atoms with E-state index in [4.69, 9.17) is 0 Å². The van der Waals surface area contributed by atoms with Gasteiger partial charge in [0.05, 0.1) is 0 Å². The lowest BCUT2D eigenvalue weighted by Gasteiger charge is -2.34. The maximum atomic E-state index is 2.49. The Labute approximate surface area is 108 Å². The van der Waals surface area contributed by atoms with Gasteiger partial charge in [0, 0.05) is 31.9 Å². The van der Waals surface area contributed by atoms with Crippen molar-refractivity contribution in [2.75, 3.05) is 33.2 Å². The van der Waals surface area contributed by atoms with Gasteiger partial charge in [0.2, 0.25) is 0 Å². The van der Waals surface area contributed by atoms with Crippen LogP contribution in [0.25, 0.3) is 0 Å². The molecule has 0 N–H and O–H groups in total. The molecule has 2 heteroatoms. The Hall–Kier alpha value is -0.760. The fraction of sp³-hybridized carbons (Fsp3) is 0.733. The Kier molecular flexibility index (Phi) is 8.87. The highest BCUT2D eigenvalue weighted by atomic mass is 15.2. The molecule has 2 rings (SSSR count). The highest BCUT2D eigenvalue weighted by Crippen LogP contribution is 2.19. The van der Waals surface area contributed by atoms with Crippen LogP contribution in [0.4, 0.5) is 0 Å². The van der Waals surface area contributed by atoms with Crippen molar-refractivity contribution in [3.05, 3.63) is 23.9 Å². The van der Waals surface area contributed by atoms with Crippen molar-refractivity contribution in [1.29, 1.82) is 0 Å². The van der Waals surface area contributed by atoms with Crippen LogP contribution >= 0.6 is 0 Å². The van der Waals surface area contributed by atoms with Gasteiger partial charge in [0.15, 0.2) is 0 Å². The molecule has 1 aliphatic heterocycles. The average Bonchev–Trinajstić information content (AvgIpc) is 2.82. The summed E-state index contributed by atoms with van der Waals surface area (Å²) in [5.41, 5.74) is 1.43. The van der Waals surface area contributed by atoms with Gasteiger partial charge in [-0.3, -0.25) is 0 Å². The lowest BCUT2D eigenvalue weighted by molar-refractivity contribution is 0.190. The minimum absolute atomic E-state index is 0.634. The largest absolute Gasteiger partial charge is 0.369 e. The van der Waals surface area contributed by atoms with Gasteiger partial charge in [0.25, 0.3) is 0 Å². The van der Waals surface area contributed by atoms with E-state index in [-0.39, 0.29) is 0 Å². The van der Waals surface area contributed by atoms with E-state index >= 15 is 0 Å². The summed E-state index contributed by atoms with van der Waals surface area (Å²) in [7, 11) is 2.19. The number of hydrogen-bond donors (Lipinski definition) is 0. The number of piperazine rings is 1. The fourth-order valence-electron chi connectivity index (χ4n) is 1.91. The second kappa shape index (κ2) is 9.29. The van der Waals surface area contributed by atoms with Crippen molar-refractivity contribution in [3.63, 3.8) is 0 Å². The molecule has 1 atom stereocenters. The molecule has 2 nitrogen and oxygen atoms in total. The monoisotopic (exact) mass is 238 g/mol. The Balaban J connectivity index is 0.000000581. The van der Waals surface area contributed by atoms with Crippen molar-refractivity contribution in [2.24, 2.45) is 5.92 Å². The number of likely N-dealkylation sites (N-methyl/N-ethyl adjacent to an activating group) is 1.